The van der Waals surface area contributed by atoms with E-state index < -0.39 is 0 Å². The van der Waals surface area contributed by atoms with E-state index in [0.717, 1.165) is 25.7 Å². The van der Waals surface area contributed by atoms with Crippen LogP contribution in [0, 0.1) is 5.92 Å². The first-order valence-corrected chi connectivity index (χ1v) is 7.81. The first-order chi connectivity index (χ1) is 9.38. The highest BCUT2D eigenvalue weighted by molar-refractivity contribution is 5.36. The molecule has 1 atom stereocenters. The predicted octanol–water partition coefficient (Wildman–Crippen LogP) is 3.25. The molecule has 1 aliphatic heterocycles. The maximum Gasteiger partial charge on any atom is 0.0469 e. The predicted molar refractivity (Wildman–Crippen MR) is 78.4 cm³/mol. The molecule has 2 aliphatic rings. The fraction of sp³-hybridized carbons (Fsp3) is 0.647. The molecule has 1 aromatic carbocycles. The molecule has 0 bridgehead atoms. The number of hydrogen-bond acceptors (Lipinski definition) is 2. The second-order valence-electron chi connectivity index (χ2n) is 5.87. The summed E-state index contributed by atoms with van der Waals surface area (Å²) in [6, 6.07) is 7.69. The average Bonchev–Trinajstić information content (AvgIpc) is 2.93. The standard InChI is InChI=1S/C17H25NO/c1-2-18-17(14-8-10-19-11-9-14)16-7-6-13-4-3-5-15(13)12-16/h6-7,12,14,17-18H,2-5,8-11H2,1H3. The number of hydrogen-bond donors (Lipinski definition) is 1. The van der Waals surface area contributed by atoms with Gasteiger partial charge in [-0.25, -0.2) is 0 Å². The molecule has 0 amide bonds. The molecule has 0 aromatic heterocycles. The van der Waals surface area contributed by atoms with Crippen molar-refractivity contribution in [3.8, 4) is 0 Å². The summed E-state index contributed by atoms with van der Waals surface area (Å²) in [5, 5.41) is 3.70. The first kappa shape index (κ1) is 13.1. The van der Waals surface area contributed by atoms with Gasteiger partial charge in [-0.3, -0.25) is 0 Å². The number of rotatable bonds is 4. The highest BCUT2D eigenvalue weighted by Gasteiger charge is 2.25. The largest absolute Gasteiger partial charge is 0.381 e. The molecule has 1 heterocycles. The Morgan fingerprint density at radius 2 is 2.00 bits per heavy atom. The number of nitrogens with one attached hydrogen (secondary N) is 1. The Bertz CT molecular complexity index is 423. The smallest absolute Gasteiger partial charge is 0.0469 e. The molecule has 0 saturated carbocycles. The van der Waals surface area contributed by atoms with Gasteiger partial charge in [0.1, 0.15) is 0 Å². The van der Waals surface area contributed by atoms with Crippen LogP contribution in [0.25, 0.3) is 0 Å². The number of ether oxygens (including phenoxy) is 1. The number of fused-ring (bicyclic) bond motifs is 1. The minimum Gasteiger partial charge on any atom is -0.381 e. The van der Waals surface area contributed by atoms with E-state index in [1.165, 1.54) is 37.7 Å². The molecule has 1 aromatic rings. The molecule has 0 radical (unpaired) electrons. The lowest BCUT2D eigenvalue weighted by Gasteiger charge is -2.31. The number of benzene rings is 1. The lowest BCUT2D eigenvalue weighted by atomic mass is 9.86. The van der Waals surface area contributed by atoms with E-state index >= 15 is 0 Å². The van der Waals surface area contributed by atoms with Gasteiger partial charge >= 0.3 is 0 Å². The van der Waals surface area contributed by atoms with Crippen LogP contribution in [0.1, 0.15) is 48.9 Å². The molecule has 104 valence electrons. The maximum atomic E-state index is 5.51. The zero-order valence-corrected chi connectivity index (χ0v) is 12.0. The van der Waals surface area contributed by atoms with Crippen molar-refractivity contribution in [3.63, 3.8) is 0 Å². The van der Waals surface area contributed by atoms with Crippen molar-refractivity contribution in [2.24, 2.45) is 5.92 Å². The van der Waals surface area contributed by atoms with Crippen molar-refractivity contribution in [2.75, 3.05) is 19.8 Å². The van der Waals surface area contributed by atoms with Crippen molar-refractivity contribution in [1.29, 1.82) is 0 Å². The molecular weight excluding hydrogens is 234 g/mol. The molecule has 19 heavy (non-hydrogen) atoms. The van der Waals surface area contributed by atoms with Crippen LogP contribution in [0.15, 0.2) is 18.2 Å². The van der Waals surface area contributed by atoms with Crippen LogP contribution in [0.4, 0.5) is 0 Å². The molecule has 3 rings (SSSR count). The summed E-state index contributed by atoms with van der Waals surface area (Å²) >= 11 is 0. The summed E-state index contributed by atoms with van der Waals surface area (Å²) in [6.45, 7) is 5.10. The first-order valence-electron chi connectivity index (χ1n) is 7.81. The molecule has 0 spiro atoms. The molecule has 1 N–H and O–H groups in total. The van der Waals surface area contributed by atoms with E-state index in [-0.39, 0.29) is 0 Å². The lowest BCUT2D eigenvalue weighted by molar-refractivity contribution is 0.0538. The van der Waals surface area contributed by atoms with Crippen molar-refractivity contribution in [2.45, 2.75) is 45.1 Å². The van der Waals surface area contributed by atoms with E-state index in [4.69, 9.17) is 4.74 Å². The van der Waals surface area contributed by atoms with E-state index in [1.54, 1.807) is 11.1 Å². The monoisotopic (exact) mass is 259 g/mol. The van der Waals surface area contributed by atoms with Crippen LogP contribution < -0.4 is 5.32 Å². The topological polar surface area (TPSA) is 21.3 Å². The lowest BCUT2D eigenvalue weighted by Crippen LogP contribution is -2.32. The Hall–Kier alpha value is -0.860. The molecule has 1 aliphatic carbocycles. The summed E-state index contributed by atoms with van der Waals surface area (Å²) in [7, 11) is 0. The Morgan fingerprint density at radius 1 is 1.21 bits per heavy atom. The van der Waals surface area contributed by atoms with Gasteiger partial charge in [-0.05, 0) is 61.3 Å². The van der Waals surface area contributed by atoms with Gasteiger partial charge in [0.15, 0.2) is 0 Å². The van der Waals surface area contributed by atoms with E-state index in [9.17, 15) is 0 Å². The van der Waals surface area contributed by atoms with Crippen LogP contribution in [0.5, 0.6) is 0 Å². The molecule has 2 nitrogen and oxygen atoms in total. The van der Waals surface area contributed by atoms with Gasteiger partial charge in [0.25, 0.3) is 0 Å². The third kappa shape index (κ3) is 2.85. The van der Waals surface area contributed by atoms with Gasteiger partial charge in [-0.15, -0.1) is 0 Å². The summed E-state index contributed by atoms with van der Waals surface area (Å²) in [6.07, 6.45) is 6.26. The van der Waals surface area contributed by atoms with Gasteiger partial charge in [0.2, 0.25) is 0 Å². The van der Waals surface area contributed by atoms with Crippen LogP contribution in [0.3, 0.4) is 0 Å². The summed E-state index contributed by atoms with van der Waals surface area (Å²) in [5.41, 5.74) is 4.66. The Morgan fingerprint density at radius 3 is 2.79 bits per heavy atom. The quantitative estimate of drug-likeness (QED) is 0.896. The van der Waals surface area contributed by atoms with Gasteiger partial charge in [-0.1, -0.05) is 25.1 Å². The van der Waals surface area contributed by atoms with Gasteiger partial charge in [-0.2, -0.15) is 0 Å². The zero-order valence-electron chi connectivity index (χ0n) is 12.0. The van der Waals surface area contributed by atoms with Crippen LogP contribution >= 0.6 is 0 Å². The van der Waals surface area contributed by atoms with Crippen LogP contribution in [0.2, 0.25) is 0 Å². The average molecular weight is 259 g/mol. The highest BCUT2D eigenvalue weighted by atomic mass is 16.5. The third-order valence-electron chi connectivity index (χ3n) is 4.64. The van der Waals surface area contributed by atoms with Gasteiger partial charge in [0.05, 0.1) is 0 Å². The number of aryl methyl sites for hydroxylation is 2. The summed E-state index contributed by atoms with van der Waals surface area (Å²) in [4.78, 5) is 0. The van der Waals surface area contributed by atoms with Crippen molar-refractivity contribution in [3.05, 3.63) is 34.9 Å². The SMILES string of the molecule is CCNC(c1ccc2c(c1)CCC2)C1CCOCC1. The summed E-state index contributed by atoms with van der Waals surface area (Å²) < 4.78 is 5.51. The third-order valence-corrected chi connectivity index (χ3v) is 4.64. The second kappa shape index (κ2) is 6.06. The van der Waals surface area contributed by atoms with Crippen LogP contribution in [-0.2, 0) is 17.6 Å². The van der Waals surface area contributed by atoms with Crippen molar-refractivity contribution < 1.29 is 4.74 Å². The summed E-state index contributed by atoms with van der Waals surface area (Å²) in [5.74, 6) is 0.730. The highest BCUT2D eigenvalue weighted by Crippen LogP contribution is 2.32. The Balaban J connectivity index is 1.82. The molecule has 1 saturated heterocycles. The minimum atomic E-state index is 0.514. The molecule has 1 fully saturated rings. The molecule has 2 heteroatoms. The van der Waals surface area contributed by atoms with Gasteiger partial charge in [0, 0.05) is 19.3 Å². The van der Waals surface area contributed by atoms with E-state index in [0.29, 0.717) is 6.04 Å². The minimum absolute atomic E-state index is 0.514. The maximum absolute atomic E-state index is 5.51. The fourth-order valence-corrected chi connectivity index (χ4v) is 3.61. The van der Waals surface area contributed by atoms with Crippen molar-refractivity contribution in [1.82, 2.24) is 5.32 Å². The zero-order chi connectivity index (χ0) is 13.1. The Labute approximate surface area is 116 Å². The van der Waals surface area contributed by atoms with Gasteiger partial charge < -0.3 is 10.1 Å². The normalized spacial score (nSPS) is 21.3. The van der Waals surface area contributed by atoms with E-state index in [2.05, 4.69) is 30.4 Å². The second-order valence-corrected chi connectivity index (χ2v) is 5.87. The molecule has 1 unspecified atom stereocenters. The Kier molecular flexibility index (Phi) is 4.19. The van der Waals surface area contributed by atoms with Crippen LogP contribution in [-0.4, -0.2) is 19.8 Å². The van der Waals surface area contributed by atoms with Crippen molar-refractivity contribution >= 4 is 0 Å². The molecular formula is C17H25NO. The van der Waals surface area contributed by atoms with E-state index in [1.807, 2.05) is 0 Å². The fourth-order valence-electron chi connectivity index (χ4n) is 3.61.